The molecule has 0 fully saturated rings. The lowest BCUT2D eigenvalue weighted by Gasteiger charge is -2.09. The SMILES string of the molecule is COc1cccc(-c2noc(Cc3nnc(-c4cc(F)cc(F)c4)o3)n2)c1OC. The zero-order valence-corrected chi connectivity index (χ0v) is 15.3. The van der Waals surface area contributed by atoms with E-state index in [0.717, 1.165) is 18.2 Å². The summed E-state index contributed by atoms with van der Waals surface area (Å²) >= 11 is 0. The minimum absolute atomic E-state index is 0.0207. The first-order valence-electron chi connectivity index (χ1n) is 8.40. The molecule has 0 aliphatic heterocycles. The van der Waals surface area contributed by atoms with Crippen molar-refractivity contribution in [1.29, 1.82) is 0 Å². The van der Waals surface area contributed by atoms with Gasteiger partial charge in [0.1, 0.15) is 18.1 Å². The van der Waals surface area contributed by atoms with Gasteiger partial charge < -0.3 is 18.4 Å². The second-order valence-electron chi connectivity index (χ2n) is 5.89. The largest absolute Gasteiger partial charge is 0.493 e. The molecule has 0 aliphatic rings. The summed E-state index contributed by atoms with van der Waals surface area (Å²) in [4.78, 5) is 4.31. The minimum atomic E-state index is -0.742. The number of hydrogen-bond donors (Lipinski definition) is 0. The Balaban J connectivity index is 1.57. The van der Waals surface area contributed by atoms with Crippen LogP contribution in [0.4, 0.5) is 8.78 Å². The zero-order chi connectivity index (χ0) is 20.4. The van der Waals surface area contributed by atoms with Crippen molar-refractivity contribution >= 4 is 0 Å². The van der Waals surface area contributed by atoms with E-state index in [4.69, 9.17) is 18.4 Å². The molecule has 0 saturated heterocycles. The van der Waals surface area contributed by atoms with Crippen LogP contribution in [0.1, 0.15) is 11.8 Å². The molecule has 0 N–H and O–H groups in total. The lowest BCUT2D eigenvalue weighted by molar-refractivity contribution is 0.355. The van der Waals surface area contributed by atoms with Gasteiger partial charge in [-0.1, -0.05) is 11.2 Å². The Morgan fingerprint density at radius 1 is 0.966 bits per heavy atom. The Bertz CT molecular complexity index is 1140. The van der Waals surface area contributed by atoms with Crippen LogP contribution in [0.2, 0.25) is 0 Å². The number of nitrogens with zero attached hydrogens (tertiary/aromatic N) is 4. The van der Waals surface area contributed by atoms with E-state index in [9.17, 15) is 8.78 Å². The smallest absolute Gasteiger partial charge is 0.247 e. The van der Waals surface area contributed by atoms with Crippen LogP contribution in [0.15, 0.2) is 45.3 Å². The molecule has 4 rings (SSSR count). The van der Waals surface area contributed by atoms with E-state index < -0.39 is 11.6 Å². The molecule has 2 aromatic carbocycles. The average molecular weight is 400 g/mol. The van der Waals surface area contributed by atoms with Crippen LogP contribution < -0.4 is 9.47 Å². The highest BCUT2D eigenvalue weighted by Crippen LogP contribution is 2.36. The van der Waals surface area contributed by atoms with Crippen molar-refractivity contribution in [2.45, 2.75) is 6.42 Å². The number of rotatable bonds is 6. The normalized spacial score (nSPS) is 10.9. The van der Waals surface area contributed by atoms with Crippen molar-refractivity contribution in [2.24, 2.45) is 0 Å². The van der Waals surface area contributed by atoms with Crippen molar-refractivity contribution in [3.05, 3.63) is 59.8 Å². The predicted molar refractivity (Wildman–Crippen MR) is 95.3 cm³/mol. The zero-order valence-electron chi connectivity index (χ0n) is 15.3. The molecule has 0 atom stereocenters. The predicted octanol–water partition coefficient (Wildman–Crippen LogP) is 3.67. The van der Waals surface area contributed by atoms with Gasteiger partial charge in [0, 0.05) is 11.6 Å². The van der Waals surface area contributed by atoms with Crippen molar-refractivity contribution in [2.75, 3.05) is 14.2 Å². The molecular weight excluding hydrogens is 386 g/mol. The van der Waals surface area contributed by atoms with Crippen molar-refractivity contribution in [3.63, 3.8) is 0 Å². The maximum Gasteiger partial charge on any atom is 0.247 e. The molecule has 0 spiro atoms. The number of methoxy groups -OCH3 is 2. The molecule has 8 nitrogen and oxygen atoms in total. The number of halogens is 2. The van der Waals surface area contributed by atoms with Gasteiger partial charge in [0.15, 0.2) is 11.5 Å². The highest BCUT2D eigenvalue weighted by molar-refractivity contribution is 5.68. The first kappa shape index (κ1) is 18.5. The average Bonchev–Trinajstić information content (AvgIpc) is 3.36. The van der Waals surface area contributed by atoms with Crippen LogP contribution in [0.5, 0.6) is 11.5 Å². The summed E-state index contributed by atoms with van der Waals surface area (Å²) in [5.41, 5.74) is 0.719. The molecule has 0 amide bonds. The minimum Gasteiger partial charge on any atom is -0.493 e. The summed E-state index contributed by atoms with van der Waals surface area (Å²) in [7, 11) is 3.04. The van der Waals surface area contributed by atoms with Gasteiger partial charge >= 0.3 is 0 Å². The Labute approximate surface area is 163 Å². The van der Waals surface area contributed by atoms with Gasteiger partial charge in [0.2, 0.25) is 23.5 Å². The van der Waals surface area contributed by atoms with Crippen molar-refractivity contribution < 1.29 is 27.2 Å². The topological polar surface area (TPSA) is 96.3 Å². The van der Waals surface area contributed by atoms with E-state index in [-0.39, 0.29) is 29.7 Å². The van der Waals surface area contributed by atoms with Crippen LogP contribution in [0, 0.1) is 11.6 Å². The quantitative estimate of drug-likeness (QED) is 0.484. The second-order valence-corrected chi connectivity index (χ2v) is 5.89. The van der Waals surface area contributed by atoms with Gasteiger partial charge in [-0.25, -0.2) is 8.78 Å². The Hall–Kier alpha value is -3.82. The number of para-hydroxylation sites is 1. The van der Waals surface area contributed by atoms with Crippen LogP contribution in [0.25, 0.3) is 22.8 Å². The molecule has 0 unspecified atom stereocenters. The van der Waals surface area contributed by atoms with Crippen LogP contribution in [-0.4, -0.2) is 34.6 Å². The number of ether oxygens (including phenoxy) is 2. The molecule has 0 bridgehead atoms. The summed E-state index contributed by atoms with van der Waals surface area (Å²) in [6.07, 6.45) is 0.0457. The van der Waals surface area contributed by atoms with Crippen LogP contribution in [-0.2, 0) is 6.42 Å². The maximum absolute atomic E-state index is 13.4. The lowest BCUT2D eigenvalue weighted by Crippen LogP contribution is -1.94. The van der Waals surface area contributed by atoms with Crippen molar-refractivity contribution in [3.8, 4) is 34.3 Å². The number of benzene rings is 2. The number of aromatic nitrogens is 4. The van der Waals surface area contributed by atoms with E-state index in [1.807, 2.05) is 0 Å². The molecule has 0 aliphatic carbocycles. The highest BCUT2D eigenvalue weighted by Gasteiger charge is 2.19. The van der Waals surface area contributed by atoms with Gasteiger partial charge in [-0.2, -0.15) is 4.98 Å². The fourth-order valence-corrected chi connectivity index (χ4v) is 2.75. The fraction of sp³-hybridized carbons (Fsp3) is 0.158. The van der Waals surface area contributed by atoms with E-state index in [1.54, 1.807) is 18.2 Å². The third kappa shape index (κ3) is 3.77. The molecule has 2 aromatic heterocycles. The van der Waals surface area contributed by atoms with Gasteiger partial charge in [-0.3, -0.25) is 0 Å². The molecule has 2 heterocycles. The summed E-state index contributed by atoms with van der Waals surface area (Å²) in [6.45, 7) is 0. The number of hydrogen-bond acceptors (Lipinski definition) is 8. The Kier molecular flexibility index (Phi) is 4.90. The first-order chi connectivity index (χ1) is 14.1. The molecule has 10 heteroatoms. The summed E-state index contributed by atoms with van der Waals surface area (Å²) in [5.74, 6) is 0.149. The third-order valence-corrected chi connectivity index (χ3v) is 3.99. The lowest BCUT2D eigenvalue weighted by atomic mass is 10.1. The van der Waals surface area contributed by atoms with Gasteiger partial charge in [0.25, 0.3) is 0 Å². The molecule has 29 heavy (non-hydrogen) atoms. The monoisotopic (exact) mass is 400 g/mol. The Morgan fingerprint density at radius 2 is 1.76 bits per heavy atom. The Morgan fingerprint density at radius 3 is 2.48 bits per heavy atom. The van der Waals surface area contributed by atoms with Gasteiger partial charge in [-0.15, -0.1) is 10.2 Å². The van der Waals surface area contributed by atoms with E-state index in [2.05, 4.69) is 20.3 Å². The van der Waals surface area contributed by atoms with Gasteiger partial charge in [0.05, 0.1) is 19.8 Å². The molecular formula is C19H14F2N4O4. The maximum atomic E-state index is 13.4. The van der Waals surface area contributed by atoms with E-state index >= 15 is 0 Å². The van der Waals surface area contributed by atoms with Crippen LogP contribution >= 0.6 is 0 Å². The first-order valence-corrected chi connectivity index (χ1v) is 8.40. The second kappa shape index (κ2) is 7.66. The molecule has 4 aromatic rings. The van der Waals surface area contributed by atoms with E-state index in [0.29, 0.717) is 22.9 Å². The van der Waals surface area contributed by atoms with Crippen molar-refractivity contribution in [1.82, 2.24) is 20.3 Å². The van der Waals surface area contributed by atoms with Crippen LogP contribution in [0.3, 0.4) is 0 Å². The molecule has 0 radical (unpaired) electrons. The summed E-state index contributed by atoms with van der Waals surface area (Å²) in [5, 5.41) is 11.6. The summed E-state index contributed by atoms with van der Waals surface area (Å²) < 4.78 is 48.1. The standard InChI is InChI=1S/C19H14F2N4O4/c1-26-14-5-3-4-13(17(14)27-2)18-22-15(29-25-18)9-16-23-24-19(28-16)10-6-11(20)8-12(21)7-10/h3-8H,9H2,1-2H3. The fourth-order valence-electron chi connectivity index (χ4n) is 2.75. The molecule has 148 valence electrons. The third-order valence-electron chi connectivity index (χ3n) is 3.99. The summed E-state index contributed by atoms with van der Waals surface area (Å²) in [6, 6.07) is 8.24. The highest BCUT2D eigenvalue weighted by atomic mass is 19.1. The van der Waals surface area contributed by atoms with E-state index in [1.165, 1.54) is 14.2 Å². The van der Waals surface area contributed by atoms with Gasteiger partial charge in [-0.05, 0) is 24.3 Å². The molecule has 0 saturated carbocycles.